The first kappa shape index (κ1) is 55.9. The SMILES string of the molecule is CC#CC#CC#CC#CC#CC#CC#CC(=O)Nc1ccc(/C=C/c2ccc(NC(=O)CCCCCCCCCCCCCCC)cc2S(=O)(=O)O)c(S(=O)(=O)O)c1.[HH].[HH].[HH].[HH].[HH].[HH].[HH].[HH].[HH].[Na+].[Na+]. The van der Waals surface area contributed by atoms with E-state index in [2.05, 4.69) is 100 Å². The van der Waals surface area contributed by atoms with Gasteiger partial charge in [0.2, 0.25) is 5.91 Å². The molecule has 0 aliphatic rings. The van der Waals surface area contributed by atoms with Crippen LogP contribution in [0.25, 0.3) is 12.2 Å². The number of anilines is 2. The van der Waals surface area contributed by atoms with Crippen molar-refractivity contribution in [2.75, 3.05) is 10.6 Å². The molecule has 4 N–H and O–H groups in total. The van der Waals surface area contributed by atoms with Gasteiger partial charge in [-0.05, 0) is 120 Å². The molecule has 0 aromatic heterocycles. The van der Waals surface area contributed by atoms with E-state index in [1.54, 1.807) is 6.92 Å². The number of carbonyl (C=O) groups excluding carboxylic acids is 2. The smallest absolute Gasteiger partial charge is 0.326 e. The first-order chi connectivity index (χ1) is 27.8. The Morgan fingerprint density at radius 2 is 0.933 bits per heavy atom. The fourth-order valence-corrected chi connectivity index (χ4v) is 6.70. The Morgan fingerprint density at radius 1 is 0.567 bits per heavy atom. The average Bonchev–Trinajstić information content (AvgIpc) is 3.17. The minimum atomic E-state index is -4.84. The van der Waals surface area contributed by atoms with E-state index >= 15 is 0 Å². The number of unbranched alkanes of at least 4 members (excludes halogenated alkanes) is 12. The first-order valence-corrected chi connectivity index (χ1v) is 21.7. The summed E-state index contributed by atoms with van der Waals surface area (Å²) in [5.74, 6) is 32.8. The van der Waals surface area contributed by atoms with E-state index in [1.165, 1.54) is 94.2 Å². The van der Waals surface area contributed by atoms with Crippen LogP contribution in [0.3, 0.4) is 0 Å². The summed E-state index contributed by atoms with van der Waals surface area (Å²) in [6.07, 6.45) is 18.0. The Balaban J connectivity index is -0.000000396. The minimum absolute atomic E-state index is 0. The maximum Gasteiger partial charge on any atom is 1.00 e. The Labute approximate surface area is 414 Å². The van der Waals surface area contributed by atoms with Gasteiger partial charge >= 0.3 is 65.0 Å². The second kappa shape index (κ2) is 32.6. The van der Waals surface area contributed by atoms with Crippen molar-refractivity contribution in [3.8, 4) is 82.9 Å². The third-order valence-corrected chi connectivity index (χ3v) is 9.88. The summed E-state index contributed by atoms with van der Waals surface area (Å²) < 4.78 is 68.9. The van der Waals surface area contributed by atoms with Crippen LogP contribution >= 0.6 is 0 Å². The van der Waals surface area contributed by atoms with Gasteiger partial charge in [0, 0.05) is 36.6 Å². The summed E-state index contributed by atoms with van der Waals surface area (Å²) in [6, 6.07) is 7.45. The normalized spacial score (nSPS) is 9.73. The van der Waals surface area contributed by atoms with Crippen molar-refractivity contribution in [2.24, 2.45) is 0 Å². The predicted molar refractivity (Wildman–Crippen MR) is 248 cm³/mol. The zero-order valence-electron chi connectivity index (χ0n) is 34.7. The largest absolute Gasteiger partial charge is 1.00 e. The van der Waals surface area contributed by atoms with Crippen LogP contribution in [-0.2, 0) is 29.8 Å². The molecule has 0 bridgehead atoms. The van der Waals surface area contributed by atoms with E-state index in [0.717, 1.165) is 31.4 Å². The number of hydrogen-bond donors (Lipinski definition) is 4. The molecule has 0 aliphatic heterocycles. The van der Waals surface area contributed by atoms with Crippen molar-refractivity contribution in [2.45, 2.75) is 114 Å². The van der Waals surface area contributed by atoms with Gasteiger partial charge in [-0.2, -0.15) is 16.8 Å². The molecule has 0 fully saturated rings. The molecular formula is C46H64N2Na2O8S2+2. The molecule has 0 spiro atoms. The Kier molecular flexibility index (Phi) is 30.4. The Morgan fingerprint density at radius 3 is 1.33 bits per heavy atom. The van der Waals surface area contributed by atoms with Crippen LogP contribution in [0.2, 0.25) is 0 Å². The maximum atomic E-state index is 12.6. The molecule has 0 aliphatic carbocycles. The van der Waals surface area contributed by atoms with E-state index in [9.17, 15) is 35.5 Å². The number of rotatable bonds is 20. The molecule has 14 heteroatoms. The van der Waals surface area contributed by atoms with Gasteiger partial charge < -0.3 is 10.6 Å². The van der Waals surface area contributed by atoms with E-state index in [-0.39, 0.29) is 107 Å². The number of carbonyl (C=O) groups is 2. The van der Waals surface area contributed by atoms with Crippen LogP contribution in [-0.4, -0.2) is 37.8 Å². The van der Waals surface area contributed by atoms with Gasteiger partial charge in [0.25, 0.3) is 20.2 Å². The Bertz CT molecular complexity index is 2530. The van der Waals surface area contributed by atoms with Crippen LogP contribution in [0.4, 0.5) is 11.4 Å². The van der Waals surface area contributed by atoms with E-state index in [0.29, 0.717) is 6.42 Å². The summed E-state index contributed by atoms with van der Waals surface area (Å²) in [4.78, 5) is 23.7. The fraction of sp³-hybridized carbons (Fsp3) is 0.348. The number of hydrogen-bond acceptors (Lipinski definition) is 6. The minimum Gasteiger partial charge on any atom is -0.326 e. The van der Waals surface area contributed by atoms with Crippen molar-refractivity contribution in [1.82, 2.24) is 0 Å². The molecule has 0 atom stereocenters. The van der Waals surface area contributed by atoms with Crippen molar-refractivity contribution in [1.29, 1.82) is 0 Å². The summed E-state index contributed by atoms with van der Waals surface area (Å²) in [6.45, 7) is 3.87. The molecule has 0 unspecified atom stereocenters. The molecule has 0 heterocycles. The third-order valence-electron chi connectivity index (χ3n) is 8.06. The zero-order chi connectivity index (χ0) is 42.5. The van der Waals surface area contributed by atoms with Crippen LogP contribution in [0.15, 0.2) is 46.2 Å². The molecule has 0 saturated heterocycles. The molecule has 2 rings (SSSR count). The van der Waals surface area contributed by atoms with Gasteiger partial charge in [-0.15, -0.1) is 0 Å². The number of nitrogens with one attached hydrogen (secondary N) is 2. The maximum absolute atomic E-state index is 12.6. The van der Waals surface area contributed by atoms with Crippen LogP contribution < -0.4 is 69.7 Å². The molecule has 10 nitrogen and oxygen atoms in total. The summed E-state index contributed by atoms with van der Waals surface area (Å²) in [5.41, 5.74) is 0.0275. The van der Waals surface area contributed by atoms with Gasteiger partial charge in [-0.1, -0.05) is 114 Å². The van der Waals surface area contributed by atoms with E-state index < -0.39 is 35.9 Å². The van der Waals surface area contributed by atoms with Crippen LogP contribution in [0, 0.1) is 82.9 Å². The van der Waals surface area contributed by atoms with Crippen LogP contribution in [0.5, 0.6) is 0 Å². The van der Waals surface area contributed by atoms with Gasteiger partial charge in [0.1, 0.15) is 9.79 Å². The van der Waals surface area contributed by atoms with Crippen molar-refractivity contribution >= 4 is 55.6 Å². The topological polar surface area (TPSA) is 167 Å². The Hall–Kier alpha value is -4.14. The third kappa shape index (κ3) is 25.5. The molecule has 2 amide bonds. The van der Waals surface area contributed by atoms with Crippen molar-refractivity contribution in [3.05, 3.63) is 47.5 Å². The van der Waals surface area contributed by atoms with Crippen molar-refractivity contribution in [3.63, 3.8) is 0 Å². The van der Waals surface area contributed by atoms with E-state index in [4.69, 9.17) is 0 Å². The monoisotopic (exact) mass is 882 g/mol. The van der Waals surface area contributed by atoms with Crippen LogP contribution in [0.1, 0.15) is 128 Å². The van der Waals surface area contributed by atoms with Gasteiger partial charge in [0.15, 0.2) is 0 Å². The quantitative estimate of drug-likeness (QED) is 0.0510. The molecule has 0 saturated carbocycles. The standard InChI is InChI=1S/C46H46N2O8S2.2Na.9H2/c1-3-5-7-9-11-13-15-17-19-21-23-25-27-29-45(49)47-41-35-33-39(43(37-41)57(51,52)53)31-32-40-34-36-42(38-44(40)58(54,55)56)48-46(50)30-28-26-24-22-20-18-16-14-12-10-8-6-4-2;;;;;;;;;;;/h31-38H,3,5,7,9,11,13,15,17,19,21,23,25,27,29H2,1-2H3,(H,47,49)(H,48,50)(H,51,52,53)(H,54,55,56);;;9*1H/q;2*+1;;;;;;;;;/b32-31+;;;;;;;;;;;. The van der Waals surface area contributed by atoms with Gasteiger partial charge in [-0.3, -0.25) is 18.7 Å². The summed E-state index contributed by atoms with van der Waals surface area (Å²) >= 11 is 0. The molecule has 2 aromatic rings. The number of benzene rings is 2. The van der Waals surface area contributed by atoms with Crippen molar-refractivity contribution < 1.29 is 107 Å². The molecule has 2 aromatic carbocycles. The second-order valence-electron chi connectivity index (χ2n) is 12.7. The van der Waals surface area contributed by atoms with Gasteiger partial charge in [-0.25, -0.2) is 0 Å². The molecular weight excluding hydrogens is 819 g/mol. The molecule has 0 radical (unpaired) electrons. The first-order valence-electron chi connectivity index (χ1n) is 18.8. The second-order valence-corrected chi connectivity index (χ2v) is 15.4. The molecule has 318 valence electrons. The molecule has 60 heavy (non-hydrogen) atoms. The number of amides is 2. The summed E-state index contributed by atoms with van der Waals surface area (Å²) in [7, 11) is -9.62. The predicted octanol–water partition coefficient (Wildman–Crippen LogP) is 3.97. The summed E-state index contributed by atoms with van der Waals surface area (Å²) in [5, 5.41) is 5.03. The van der Waals surface area contributed by atoms with E-state index in [1.807, 2.05) is 0 Å². The fourth-order valence-electron chi connectivity index (χ4n) is 5.28. The van der Waals surface area contributed by atoms with Gasteiger partial charge in [0.05, 0.1) is 0 Å². The zero-order valence-corrected chi connectivity index (χ0v) is 40.3. The average molecular weight is 883 g/mol.